The minimum atomic E-state index is 0.693. The number of rotatable bonds is 6. The van der Waals surface area contributed by atoms with Gasteiger partial charge >= 0.3 is 0 Å². The van der Waals surface area contributed by atoms with Crippen LogP contribution in [-0.4, -0.2) is 37.0 Å². The van der Waals surface area contributed by atoms with Crippen LogP contribution in [0.2, 0.25) is 0 Å². The Morgan fingerprint density at radius 2 is 1.96 bits per heavy atom. The molecule has 124 valence electrons. The number of aliphatic imine (C=N–C) groups is 1. The predicted molar refractivity (Wildman–Crippen MR) is 97.7 cm³/mol. The quantitative estimate of drug-likeness (QED) is 0.630. The van der Waals surface area contributed by atoms with Crippen molar-refractivity contribution in [3.8, 4) is 0 Å². The summed E-state index contributed by atoms with van der Waals surface area (Å²) in [6, 6.07) is 8.61. The molecule has 0 aliphatic rings. The second-order valence-electron chi connectivity index (χ2n) is 5.70. The van der Waals surface area contributed by atoms with E-state index < -0.39 is 0 Å². The minimum Gasteiger partial charge on any atom is -0.352 e. The fourth-order valence-electron chi connectivity index (χ4n) is 2.25. The average Bonchev–Trinajstić information content (AvgIpc) is 2.93. The standard InChI is InChI=1S/C17H25N5S/c1-13-9-19-16(23-13)11-21-17(18-2)20-10-14-6-5-7-15(8-14)12-22(3)4/h5-9H,10-12H2,1-4H3,(H2,18,20,21). The van der Waals surface area contributed by atoms with Gasteiger partial charge in [-0.2, -0.15) is 0 Å². The lowest BCUT2D eigenvalue weighted by Gasteiger charge is -2.13. The van der Waals surface area contributed by atoms with E-state index in [1.807, 2.05) is 6.20 Å². The zero-order valence-electron chi connectivity index (χ0n) is 14.3. The highest BCUT2D eigenvalue weighted by molar-refractivity contribution is 7.11. The zero-order chi connectivity index (χ0) is 16.7. The zero-order valence-corrected chi connectivity index (χ0v) is 15.1. The maximum atomic E-state index is 4.35. The minimum absolute atomic E-state index is 0.693. The van der Waals surface area contributed by atoms with Crippen LogP contribution in [0.15, 0.2) is 35.5 Å². The molecule has 2 N–H and O–H groups in total. The van der Waals surface area contributed by atoms with Crippen molar-refractivity contribution in [2.24, 2.45) is 4.99 Å². The normalized spacial score (nSPS) is 11.8. The number of aryl methyl sites for hydroxylation is 1. The molecule has 2 rings (SSSR count). The molecule has 0 bridgehead atoms. The van der Waals surface area contributed by atoms with Crippen molar-refractivity contribution < 1.29 is 0 Å². The molecule has 0 atom stereocenters. The molecule has 0 radical (unpaired) electrons. The Balaban J connectivity index is 1.85. The summed E-state index contributed by atoms with van der Waals surface area (Å²) < 4.78 is 0. The molecule has 1 aromatic heterocycles. The SMILES string of the molecule is CN=C(NCc1cccc(CN(C)C)c1)NCc1ncc(C)s1. The van der Waals surface area contributed by atoms with Crippen LogP contribution in [0.3, 0.4) is 0 Å². The molecule has 0 fully saturated rings. The molecule has 0 saturated heterocycles. The van der Waals surface area contributed by atoms with Crippen LogP contribution in [0.25, 0.3) is 0 Å². The van der Waals surface area contributed by atoms with E-state index in [4.69, 9.17) is 0 Å². The number of benzene rings is 1. The summed E-state index contributed by atoms with van der Waals surface area (Å²) >= 11 is 1.70. The van der Waals surface area contributed by atoms with E-state index in [0.717, 1.165) is 24.1 Å². The summed E-state index contributed by atoms with van der Waals surface area (Å²) in [6.45, 7) is 4.45. The van der Waals surface area contributed by atoms with Gasteiger partial charge in [0.1, 0.15) is 5.01 Å². The van der Waals surface area contributed by atoms with Crippen molar-refractivity contribution in [2.45, 2.75) is 26.6 Å². The Kier molecular flexibility index (Phi) is 6.55. The van der Waals surface area contributed by atoms with Gasteiger partial charge in [-0.1, -0.05) is 24.3 Å². The number of hydrogen-bond acceptors (Lipinski definition) is 4. The summed E-state index contributed by atoms with van der Waals surface area (Å²) in [6.07, 6.45) is 1.90. The Hall–Kier alpha value is -1.92. The third kappa shape index (κ3) is 6.00. The molecule has 0 saturated carbocycles. The van der Waals surface area contributed by atoms with Crippen molar-refractivity contribution in [1.29, 1.82) is 0 Å². The van der Waals surface area contributed by atoms with Gasteiger partial charge in [-0.15, -0.1) is 11.3 Å². The van der Waals surface area contributed by atoms with Gasteiger partial charge in [-0.05, 0) is 32.1 Å². The second-order valence-corrected chi connectivity index (χ2v) is 7.02. The number of nitrogens with zero attached hydrogens (tertiary/aromatic N) is 3. The van der Waals surface area contributed by atoms with E-state index in [0.29, 0.717) is 6.54 Å². The smallest absolute Gasteiger partial charge is 0.191 e. The fourth-order valence-corrected chi connectivity index (χ4v) is 2.98. The molecule has 0 unspecified atom stereocenters. The first-order valence-electron chi connectivity index (χ1n) is 7.65. The number of nitrogens with one attached hydrogen (secondary N) is 2. The highest BCUT2D eigenvalue weighted by Crippen LogP contribution is 2.10. The van der Waals surface area contributed by atoms with Gasteiger partial charge in [0.05, 0.1) is 6.54 Å². The highest BCUT2D eigenvalue weighted by atomic mass is 32.1. The van der Waals surface area contributed by atoms with Crippen LogP contribution in [-0.2, 0) is 19.6 Å². The molecule has 0 aliphatic heterocycles. The van der Waals surface area contributed by atoms with E-state index in [1.165, 1.54) is 16.0 Å². The van der Waals surface area contributed by atoms with E-state index in [-0.39, 0.29) is 0 Å². The van der Waals surface area contributed by atoms with Crippen LogP contribution in [0.1, 0.15) is 21.0 Å². The first-order valence-corrected chi connectivity index (χ1v) is 8.47. The largest absolute Gasteiger partial charge is 0.352 e. The van der Waals surface area contributed by atoms with Crippen molar-refractivity contribution in [1.82, 2.24) is 20.5 Å². The maximum Gasteiger partial charge on any atom is 0.191 e. The van der Waals surface area contributed by atoms with E-state index in [9.17, 15) is 0 Å². The Labute approximate surface area is 142 Å². The van der Waals surface area contributed by atoms with Gasteiger partial charge in [0.2, 0.25) is 0 Å². The van der Waals surface area contributed by atoms with Crippen molar-refractivity contribution in [3.05, 3.63) is 51.5 Å². The van der Waals surface area contributed by atoms with E-state index in [1.54, 1.807) is 18.4 Å². The number of thiazole rings is 1. The van der Waals surface area contributed by atoms with Gasteiger partial charge in [-0.3, -0.25) is 4.99 Å². The average molecular weight is 331 g/mol. The summed E-state index contributed by atoms with van der Waals surface area (Å²) in [5.74, 6) is 0.788. The molecule has 2 aromatic rings. The second kappa shape index (κ2) is 8.64. The van der Waals surface area contributed by atoms with E-state index >= 15 is 0 Å². The van der Waals surface area contributed by atoms with E-state index in [2.05, 4.69) is 70.8 Å². The molecule has 0 aliphatic carbocycles. The molecule has 0 amide bonds. The summed E-state index contributed by atoms with van der Waals surface area (Å²) in [5, 5.41) is 7.71. The molecule has 0 spiro atoms. The third-order valence-corrected chi connectivity index (χ3v) is 4.16. The summed E-state index contributed by atoms with van der Waals surface area (Å²) in [7, 11) is 5.94. The Morgan fingerprint density at radius 1 is 1.22 bits per heavy atom. The lowest BCUT2D eigenvalue weighted by molar-refractivity contribution is 0.402. The monoisotopic (exact) mass is 331 g/mol. The van der Waals surface area contributed by atoms with Crippen LogP contribution in [0, 0.1) is 6.92 Å². The lowest BCUT2D eigenvalue weighted by Crippen LogP contribution is -2.36. The molecule has 1 aromatic carbocycles. The van der Waals surface area contributed by atoms with Crippen molar-refractivity contribution in [3.63, 3.8) is 0 Å². The first kappa shape index (κ1) is 17.4. The third-order valence-electron chi connectivity index (χ3n) is 3.25. The molecule has 23 heavy (non-hydrogen) atoms. The van der Waals surface area contributed by atoms with Crippen LogP contribution in [0.4, 0.5) is 0 Å². The summed E-state index contributed by atoms with van der Waals surface area (Å²) in [5.41, 5.74) is 2.56. The maximum absolute atomic E-state index is 4.35. The molecular formula is C17H25N5S. The Morgan fingerprint density at radius 3 is 2.61 bits per heavy atom. The highest BCUT2D eigenvalue weighted by Gasteiger charge is 2.03. The molecule has 1 heterocycles. The molecule has 5 nitrogen and oxygen atoms in total. The van der Waals surface area contributed by atoms with Gasteiger partial charge in [0.15, 0.2) is 5.96 Å². The van der Waals surface area contributed by atoms with Crippen LogP contribution >= 0.6 is 11.3 Å². The molecule has 6 heteroatoms. The first-order chi connectivity index (χ1) is 11.1. The number of hydrogen-bond donors (Lipinski definition) is 2. The predicted octanol–water partition coefficient (Wildman–Crippen LogP) is 2.38. The molecular weight excluding hydrogens is 306 g/mol. The van der Waals surface area contributed by atoms with Crippen LogP contribution < -0.4 is 10.6 Å². The van der Waals surface area contributed by atoms with Crippen LogP contribution in [0.5, 0.6) is 0 Å². The lowest BCUT2D eigenvalue weighted by atomic mass is 10.1. The van der Waals surface area contributed by atoms with Crippen molar-refractivity contribution in [2.75, 3.05) is 21.1 Å². The summed E-state index contributed by atoms with van der Waals surface area (Å²) in [4.78, 5) is 12.0. The Bertz CT molecular complexity index is 648. The number of aromatic nitrogens is 1. The van der Waals surface area contributed by atoms with Crippen molar-refractivity contribution >= 4 is 17.3 Å². The number of guanidine groups is 1. The fraction of sp³-hybridized carbons (Fsp3) is 0.412. The van der Waals surface area contributed by atoms with Gasteiger partial charge < -0.3 is 15.5 Å². The van der Waals surface area contributed by atoms with Gasteiger partial charge in [0, 0.05) is 31.2 Å². The topological polar surface area (TPSA) is 52.6 Å². The van der Waals surface area contributed by atoms with Gasteiger partial charge in [-0.25, -0.2) is 4.98 Å². The van der Waals surface area contributed by atoms with Gasteiger partial charge in [0.25, 0.3) is 0 Å².